The van der Waals surface area contributed by atoms with Crippen molar-refractivity contribution in [2.24, 2.45) is 0 Å². The van der Waals surface area contributed by atoms with Crippen molar-refractivity contribution in [2.45, 2.75) is 16.4 Å². The number of allylic oxidation sites excluding steroid dienone is 3. The van der Waals surface area contributed by atoms with Crippen LogP contribution in [0.5, 0.6) is 0 Å². The van der Waals surface area contributed by atoms with Crippen molar-refractivity contribution < 1.29 is 0 Å². The highest BCUT2D eigenvalue weighted by atomic mass is 35.5. The van der Waals surface area contributed by atoms with Gasteiger partial charge >= 0.3 is 0 Å². The van der Waals surface area contributed by atoms with Crippen LogP contribution in [0.3, 0.4) is 0 Å². The SMILES string of the molecule is O=c1cc(CSC2C(Cl)=CC=CC2Cl)[nH][nH]1. The predicted octanol–water partition coefficient (Wildman–Crippen LogP) is 2.60. The van der Waals surface area contributed by atoms with Gasteiger partial charge in [-0.05, 0) is 6.08 Å². The van der Waals surface area contributed by atoms with Gasteiger partial charge in [0, 0.05) is 22.5 Å². The Morgan fingerprint density at radius 2 is 2.25 bits per heavy atom. The first kappa shape index (κ1) is 11.9. The minimum Gasteiger partial charge on any atom is -0.301 e. The number of rotatable bonds is 3. The van der Waals surface area contributed by atoms with E-state index < -0.39 is 0 Å². The highest BCUT2D eigenvalue weighted by Gasteiger charge is 2.23. The van der Waals surface area contributed by atoms with Crippen LogP contribution < -0.4 is 5.56 Å². The molecule has 0 aliphatic heterocycles. The molecule has 0 saturated carbocycles. The van der Waals surface area contributed by atoms with E-state index in [4.69, 9.17) is 23.2 Å². The van der Waals surface area contributed by atoms with Crippen LogP contribution >= 0.6 is 35.0 Å². The summed E-state index contributed by atoms with van der Waals surface area (Å²) in [7, 11) is 0. The zero-order valence-electron chi connectivity index (χ0n) is 8.24. The third kappa shape index (κ3) is 2.75. The van der Waals surface area contributed by atoms with Gasteiger partial charge in [-0.25, -0.2) is 0 Å². The normalized spacial score (nSPS) is 24.5. The summed E-state index contributed by atoms with van der Waals surface area (Å²) in [5, 5.41) is 5.97. The quantitative estimate of drug-likeness (QED) is 0.834. The van der Waals surface area contributed by atoms with E-state index in [1.165, 1.54) is 6.07 Å². The fourth-order valence-electron chi connectivity index (χ4n) is 1.40. The molecule has 3 nitrogen and oxygen atoms in total. The standard InChI is InChI=1S/C10H10Cl2N2OS/c11-7-2-1-3-8(12)10(7)16-5-6-4-9(15)14-13-6/h1-4,7,10H,5H2,(H2,13,14,15). The molecule has 0 saturated heterocycles. The first-order chi connectivity index (χ1) is 7.66. The van der Waals surface area contributed by atoms with Crippen LogP contribution in [0.2, 0.25) is 0 Å². The number of hydrogen-bond acceptors (Lipinski definition) is 2. The summed E-state index contributed by atoms with van der Waals surface area (Å²) in [5.74, 6) is 0.671. The maximum absolute atomic E-state index is 10.9. The summed E-state index contributed by atoms with van der Waals surface area (Å²) in [6.45, 7) is 0. The lowest BCUT2D eigenvalue weighted by molar-refractivity contribution is 1.00. The molecule has 6 heteroatoms. The number of halogens is 2. The van der Waals surface area contributed by atoms with E-state index in [0.717, 1.165) is 10.7 Å². The van der Waals surface area contributed by atoms with Gasteiger partial charge in [-0.15, -0.1) is 23.4 Å². The third-order valence-corrected chi connectivity index (χ3v) is 4.60. The molecule has 0 fully saturated rings. The number of H-pyrrole nitrogens is 2. The fraction of sp³-hybridized carbons (Fsp3) is 0.300. The van der Waals surface area contributed by atoms with Crippen LogP contribution in [-0.4, -0.2) is 20.8 Å². The predicted molar refractivity (Wildman–Crippen MR) is 69.2 cm³/mol. The van der Waals surface area contributed by atoms with Crippen LogP contribution in [0.25, 0.3) is 0 Å². The van der Waals surface area contributed by atoms with E-state index in [1.807, 2.05) is 18.2 Å². The van der Waals surface area contributed by atoms with Crippen LogP contribution in [0.4, 0.5) is 0 Å². The van der Waals surface area contributed by atoms with Gasteiger partial charge in [0.25, 0.3) is 5.56 Å². The molecule has 0 bridgehead atoms. The van der Waals surface area contributed by atoms with Crippen molar-refractivity contribution in [1.82, 2.24) is 10.2 Å². The first-order valence-electron chi connectivity index (χ1n) is 4.73. The summed E-state index contributed by atoms with van der Waals surface area (Å²) in [6, 6.07) is 1.53. The maximum Gasteiger partial charge on any atom is 0.264 e. The van der Waals surface area contributed by atoms with Crippen molar-refractivity contribution in [3.63, 3.8) is 0 Å². The van der Waals surface area contributed by atoms with Crippen molar-refractivity contribution in [2.75, 3.05) is 0 Å². The lowest BCUT2D eigenvalue weighted by atomic mass is 10.2. The zero-order valence-corrected chi connectivity index (χ0v) is 10.6. The van der Waals surface area contributed by atoms with Crippen LogP contribution in [-0.2, 0) is 5.75 Å². The van der Waals surface area contributed by atoms with Crippen LogP contribution in [0, 0.1) is 0 Å². The third-order valence-electron chi connectivity index (χ3n) is 2.18. The Kier molecular flexibility index (Phi) is 3.84. The largest absolute Gasteiger partial charge is 0.301 e. The van der Waals surface area contributed by atoms with Crippen molar-refractivity contribution in [3.8, 4) is 0 Å². The number of aromatic nitrogens is 2. The van der Waals surface area contributed by atoms with Gasteiger partial charge in [-0.2, -0.15) is 0 Å². The summed E-state index contributed by atoms with van der Waals surface area (Å²) in [5.41, 5.74) is 0.723. The molecular weight excluding hydrogens is 267 g/mol. The number of thioether (sulfide) groups is 1. The molecule has 0 aromatic carbocycles. The summed E-state index contributed by atoms with van der Waals surface area (Å²) < 4.78 is 0. The van der Waals surface area contributed by atoms with E-state index in [0.29, 0.717) is 5.75 Å². The van der Waals surface area contributed by atoms with Gasteiger partial charge in [0.2, 0.25) is 0 Å². The van der Waals surface area contributed by atoms with Gasteiger partial charge in [-0.3, -0.25) is 9.89 Å². The van der Waals surface area contributed by atoms with E-state index in [2.05, 4.69) is 10.2 Å². The Bertz CT molecular complexity index is 477. The minimum absolute atomic E-state index is 0.0479. The fourth-order valence-corrected chi connectivity index (χ4v) is 3.33. The molecule has 1 aromatic heterocycles. The van der Waals surface area contributed by atoms with Gasteiger partial charge < -0.3 is 5.10 Å². The van der Waals surface area contributed by atoms with Gasteiger partial charge in [0.15, 0.2) is 0 Å². The van der Waals surface area contributed by atoms with Crippen molar-refractivity contribution >= 4 is 35.0 Å². The molecule has 2 unspecified atom stereocenters. The smallest absolute Gasteiger partial charge is 0.264 e. The molecule has 0 radical (unpaired) electrons. The molecule has 2 rings (SSSR count). The molecule has 0 spiro atoms. The average Bonchev–Trinajstić information content (AvgIpc) is 2.63. The highest BCUT2D eigenvalue weighted by molar-refractivity contribution is 7.99. The molecule has 16 heavy (non-hydrogen) atoms. The Hall–Kier alpha value is -0.580. The molecule has 2 atom stereocenters. The lowest BCUT2D eigenvalue weighted by Crippen LogP contribution is -2.18. The molecular formula is C10H10Cl2N2OS. The molecule has 86 valence electrons. The molecule has 1 heterocycles. The summed E-state index contributed by atoms with van der Waals surface area (Å²) >= 11 is 13.8. The molecule has 1 aliphatic rings. The molecule has 1 aliphatic carbocycles. The zero-order chi connectivity index (χ0) is 11.5. The second-order valence-corrected chi connectivity index (χ2v) is 5.47. The molecule has 1 aromatic rings. The first-order valence-corrected chi connectivity index (χ1v) is 6.59. The van der Waals surface area contributed by atoms with Gasteiger partial charge in [0.05, 0.1) is 10.6 Å². The second kappa shape index (κ2) is 5.17. The Balaban J connectivity index is 1.97. The minimum atomic E-state index is -0.122. The summed E-state index contributed by atoms with van der Waals surface area (Å²) in [6.07, 6.45) is 5.61. The van der Waals surface area contributed by atoms with E-state index >= 15 is 0 Å². The van der Waals surface area contributed by atoms with Crippen molar-refractivity contribution in [1.29, 1.82) is 0 Å². The summed E-state index contributed by atoms with van der Waals surface area (Å²) in [4.78, 5) is 10.9. The Morgan fingerprint density at radius 3 is 2.88 bits per heavy atom. The number of nitrogens with one attached hydrogen (secondary N) is 2. The van der Waals surface area contributed by atoms with E-state index in [1.54, 1.807) is 11.8 Å². The van der Waals surface area contributed by atoms with Gasteiger partial charge in [-0.1, -0.05) is 23.8 Å². The average molecular weight is 277 g/mol. The highest BCUT2D eigenvalue weighted by Crippen LogP contribution is 2.33. The van der Waals surface area contributed by atoms with Gasteiger partial charge in [0.1, 0.15) is 0 Å². The Labute approximate surface area is 107 Å². The lowest BCUT2D eigenvalue weighted by Gasteiger charge is -2.21. The Morgan fingerprint density at radius 1 is 1.44 bits per heavy atom. The second-order valence-electron chi connectivity index (χ2n) is 3.40. The molecule has 2 N–H and O–H groups in total. The van der Waals surface area contributed by atoms with Crippen LogP contribution in [0.1, 0.15) is 5.69 Å². The monoisotopic (exact) mass is 276 g/mol. The topological polar surface area (TPSA) is 48.6 Å². The van der Waals surface area contributed by atoms with E-state index in [9.17, 15) is 4.79 Å². The maximum atomic E-state index is 10.9. The molecule has 0 amide bonds. The number of hydrogen-bond donors (Lipinski definition) is 2. The van der Waals surface area contributed by atoms with E-state index in [-0.39, 0.29) is 16.2 Å². The van der Waals surface area contributed by atoms with Crippen molar-refractivity contribution in [3.05, 3.63) is 45.4 Å². The van der Waals surface area contributed by atoms with Crippen LogP contribution in [0.15, 0.2) is 34.1 Å². The number of alkyl halides is 1. The number of aromatic amines is 2.